The summed E-state index contributed by atoms with van der Waals surface area (Å²) in [5.74, 6) is 0.288. The highest BCUT2D eigenvalue weighted by atomic mass is 32.1. The smallest absolute Gasteiger partial charge is 0.348 e. The van der Waals surface area contributed by atoms with E-state index in [9.17, 15) is 14.4 Å². The number of fused-ring (bicyclic) bond motifs is 1. The lowest BCUT2D eigenvalue weighted by molar-refractivity contribution is 0.0531. The number of thiophene rings is 1. The molecule has 8 nitrogen and oxygen atoms in total. The van der Waals surface area contributed by atoms with E-state index in [1.165, 1.54) is 16.8 Å². The number of nitrogens with one attached hydrogen (secondary N) is 1. The summed E-state index contributed by atoms with van der Waals surface area (Å²) in [6.45, 7) is 8.00. The van der Waals surface area contributed by atoms with Crippen LogP contribution in [-0.4, -0.2) is 33.7 Å². The van der Waals surface area contributed by atoms with E-state index in [2.05, 4.69) is 9.97 Å². The highest BCUT2D eigenvalue weighted by Crippen LogP contribution is 2.28. The lowest BCUT2D eigenvalue weighted by Crippen LogP contribution is -2.25. The summed E-state index contributed by atoms with van der Waals surface area (Å²) in [5, 5.41) is 0.397. The van der Waals surface area contributed by atoms with Crippen LogP contribution in [0.2, 0.25) is 0 Å². The van der Waals surface area contributed by atoms with Crippen molar-refractivity contribution in [3.05, 3.63) is 54.8 Å². The van der Waals surface area contributed by atoms with Gasteiger partial charge in [0.1, 0.15) is 15.5 Å². The monoisotopic (exact) mass is 417 g/mol. The molecule has 0 saturated heterocycles. The van der Waals surface area contributed by atoms with Crippen LogP contribution >= 0.6 is 11.3 Å². The van der Waals surface area contributed by atoms with Crippen LogP contribution in [0.1, 0.15) is 47.0 Å². The number of hydrogen-bond donors (Lipinski definition) is 1. The van der Waals surface area contributed by atoms with Crippen molar-refractivity contribution in [1.29, 1.82) is 0 Å². The molecule has 0 fully saturated rings. The zero-order valence-corrected chi connectivity index (χ0v) is 17.6. The Hall–Kier alpha value is -2.94. The molecule has 0 unspecified atom stereocenters. The third kappa shape index (κ3) is 4.09. The molecule has 0 aromatic carbocycles. The Bertz CT molecular complexity index is 1180. The maximum atomic E-state index is 13.1. The van der Waals surface area contributed by atoms with E-state index in [0.29, 0.717) is 38.8 Å². The van der Waals surface area contributed by atoms with E-state index in [4.69, 9.17) is 9.47 Å². The molecule has 154 valence electrons. The molecular formula is C20H23N3O5S. The molecular weight excluding hydrogens is 394 g/mol. The summed E-state index contributed by atoms with van der Waals surface area (Å²) in [7, 11) is 0. The molecule has 1 N–H and O–H groups in total. The van der Waals surface area contributed by atoms with Gasteiger partial charge in [0.2, 0.25) is 5.43 Å². The van der Waals surface area contributed by atoms with Crippen molar-refractivity contribution in [2.24, 2.45) is 0 Å². The van der Waals surface area contributed by atoms with Gasteiger partial charge in [-0.25, -0.2) is 9.78 Å². The molecule has 3 aromatic heterocycles. The fraction of sp³-hybridized carbons (Fsp3) is 0.400. The number of carbonyl (C=O) groups is 1. The van der Waals surface area contributed by atoms with Gasteiger partial charge < -0.3 is 14.5 Å². The average molecular weight is 417 g/mol. The van der Waals surface area contributed by atoms with Crippen LogP contribution in [-0.2, 0) is 11.3 Å². The summed E-state index contributed by atoms with van der Waals surface area (Å²) in [4.78, 5) is 45.9. The van der Waals surface area contributed by atoms with Crippen molar-refractivity contribution in [2.45, 2.75) is 40.7 Å². The van der Waals surface area contributed by atoms with E-state index in [0.717, 1.165) is 17.8 Å². The minimum atomic E-state index is -0.455. The molecule has 0 amide bonds. The predicted molar refractivity (Wildman–Crippen MR) is 111 cm³/mol. The van der Waals surface area contributed by atoms with Gasteiger partial charge in [-0.3, -0.25) is 14.2 Å². The summed E-state index contributed by atoms with van der Waals surface area (Å²) >= 11 is 1.15. The molecule has 3 heterocycles. The molecule has 3 rings (SSSR count). The number of aromatic amines is 1. The van der Waals surface area contributed by atoms with Gasteiger partial charge in [-0.1, -0.05) is 6.92 Å². The number of ether oxygens (including phenoxy) is 2. The molecule has 0 aliphatic heterocycles. The minimum Gasteiger partial charge on any atom is -0.488 e. The van der Waals surface area contributed by atoms with Crippen LogP contribution < -0.4 is 15.7 Å². The number of rotatable bonds is 7. The van der Waals surface area contributed by atoms with E-state index >= 15 is 0 Å². The first-order valence-electron chi connectivity index (χ1n) is 9.39. The van der Waals surface area contributed by atoms with Gasteiger partial charge in [0.25, 0.3) is 5.56 Å². The Morgan fingerprint density at radius 3 is 2.69 bits per heavy atom. The second-order valence-corrected chi connectivity index (χ2v) is 7.54. The Labute approximate surface area is 171 Å². The van der Waals surface area contributed by atoms with Crippen LogP contribution in [0.4, 0.5) is 0 Å². The van der Waals surface area contributed by atoms with Crippen molar-refractivity contribution < 1.29 is 14.3 Å². The van der Waals surface area contributed by atoms with Gasteiger partial charge in [0.15, 0.2) is 5.75 Å². The Kier molecular flexibility index (Phi) is 6.17. The van der Waals surface area contributed by atoms with Crippen LogP contribution in [0, 0.1) is 13.8 Å². The summed E-state index contributed by atoms with van der Waals surface area (Å²) in [6, 6.07) is 1.42. The standard InChI is InChI=1S/C20H23N3O5S/c1-5-7-28-15-9-21-13(8-14(15)24)10-23-12(4)22-18-16(19(23)25)11(3)17(29-18)20(26)27-6-2/h8-9H,5-7,10H2,1-4H3,(H,21,24). The highest BCUT2D eigenvalue weighted by molar-refractivity contribution is 7.20. The zero-order valence-electron chi connectivity index (χ0n) is 16.8. The molecule has 0 atom stereocenters. The zero-order chi connectivity index (χ0) is 21.1. The summed E-state index contributed by atoms with van der Waals surface area (Å²) < 4.78 is 11.9. The van der Waals surface area contributed by atoms with E-state index in [-0.39, 0.29) is 29.9 Å². The molecule has 0 saturated carbocycles. The maximum absolute atomic E-state index is 13.1. The van der Waals surface area contributed by atoms with Gasteiger partial charge >= 0.3 is 5.97 Å². The molecule has 3 aromatic rings. The number of H-pyrrole nitrogens is 1. The van der Waals surface area contributed by atoms with Crippen LogP contribution in [0.15, 0.2) is 21.9 Å². The van der Waals surface area contributed by atoms with Crippen LogP contribution in [0.25, 0.3) is 10.2 Å². The number of carbonyl (C=O) groups excluding carboxylic acids is 1. The predicted octanol–water partition coefficient (Wildman–Crippen LogP) is 2.78. The molecule has 9 heteroatoms. The first kappa shape index (κ1) is 20.8. The number of esters is 1. The number of hydrogen-bond acceptors (Lipinski definition) is 7. The molecule has 0 radical (unpaired) electrons. The number of pyridine rings is 1. The largest absolute Gasteiger partial charge is 0.488 e. The minimum absolute atomic E-state index is 0.154. The van der Waals surface area contributed by atoms with E-state index < -0.39 is 5.97 Å². The third-order valence-corrected chi connectivity index (χ3v) is 5.59. The van der Waals surface area contributed by atoms with Crippen molar-refractivity contribution in [3.63, 3.8) is 0 Å². The average Bonchev–Trinajstić information content (AvgIpc) is 3.01. The first-order chi connectivity index (χ1) is 13.9. The number of aromatic nitrogens is 3. The van der Waals surface area contributed by atoms with Gasteiger partial charge in [-0.2, -0.15) is 0 Å². The fourth-order valence-corrected chi connectivity index (χ4v) is 4.09. The Morgan fingerprint density at radius 2 is 2.03 bits per heavy atom. The van der Waals surface area contributed by atoms with E-state index in [1.807, 2.05) is 6.92 Å². The summed E-state index contributed by atoms with van der Waals surface area (Å²) in [5.41, 5.74) is 0.613. The normalized spacial score (nSPS) is 11.0. The van der Waals surface area contributed by atoms with Crippen LogP contribution in [0.3, 0.4) is 0 Å². The van der Waals surface area contributed by atoms with Crippen molar-refractivity contribution in [2.75, 3.05) is 13.2 Å². The SMILES string of the molecule is CCCOc1c[nH]c(Cn2c(C)nc3sc(C(=O)OCC)c(C)c3c2=O)cc1=O. The maximum Gasteiger partial charge on any atom is 0.348 e. The number of aryl methyl sites for hydroxylation is 2. The van der Waals surface area contributed by atoms with E-state index in [1.54, 1.807) is 20.8 Å². The Balaban J connectivity index is 2.01. The molecule has 0 aliphatic rings. The second kappa shape index (κ2) is 8.60. The number of nitrogens with zero attached hydrogens (tertiary/aromatic N) is 2. The van der Waals surface area contributed by atoms with Gasteiger partial charge in [-0.15, -0.1) is 11.3 Å². The molecule has 0 bridgehead atoms. The van der Waals surface area contributed by atoms with Crippen molar-refractivity contribution in [1.82, 2.24) is 14.5 Å². The van der Waals surface area contributed by atoms with Crippen molar-refractivity contribution >= 4 is 27.5 Å². The first-order valence-corrected chi connectivity index (χ1v) is 10.2. The quantitative estimate of drug-likeness (QED) is 0.593. The fourth-order valence-electron chi connectivity index (χ4n) is 2.98. The lowest BCUT2D eigenvalue weighted by Gasteiger charge is -2.10. The molecule has 0 spiro atoms. The highest BCUT2D eigenvalue weighted by Gasteiger charge is 2.21. The third-order valence-electron chi connectivity index (χ3n) is 4.43. The van der Waals surface area contributed by atoms with Gasteiger partial charge in [-0.05, 0) is 32.8 Å². The van der Waals surface area contributed by atoms with Crippen LogP contribution in [0.5, 0.6) is 5.75 Å². The van der Waals surface area contributed by atoms with Gasteiger partial charge in [0.05, 0.1) is 25.1 Å². The Morgan fingerprint density at radius 1 is 1.28 bits per heavy atom. The topological polar surface area (TPSA) is 103 Å². The molecule has 29 heavy (non-hydrogen) atoms. The van der Waals surface area contributed by atoms with Gasteiger partial charge in [0, 0.05) is 18.0 Å². The summed E-state index contributed by atoms with van der Waals surface area (Å²) in [6.07, 6.45) is 2.31. The lowest BCUT2D eigenvalue weighted by atomic mass is 10.2. The molecule has 0 aliphatic carbocycles. The van der Waals surface area contributed by atoms with Crippen molar-refractivity contribution in [3.8, 4) is 5.75 Å². The second-order valence-electron chi connectivity index (χ2n) is 6.54.